The number of aromatic nitrogens is 2. The summed E-state index contributed by atoms with van der Waals surface area (Å²) in [7, 11) is 0. The van der Waals surface area contributed by atoms with Gasteiger partial charge in [0.15, 0.2) is 0 Å². The molecule has 0 aromatic carbocycles. The summed E-state index contributed by atoms with van der Waals surface area (Å²) in [5.74, 6) is -2.52. The second-order valence-electron chi connectivity index (χ2n) is 5.32. The van der Waals surface area contributed by atoms with Crippen molar-refractivity contribution in [3.8, 4) is 0 Å². The monoisotopic (exact) mass is 374 g/mol. The fourth-order valence-corrected chi connectivity index (χ4v) is 1.85. The molecule has 1 aromatic rings. The largest absolute Gasteiger partial charge is 0.490 e. The molecule has 0 aliphatic carbocycles. The van der Waals surface area contributed by atoms with Gasteiger partial charge in [-0.2, -0.15) is 26.3 Å². The number of carboxylic acids is 1. The predicted octanol–water partition coefficient (Wildman–Crippen LogP) is 2.68. The number of alkyl halides is 6. The quantitative estimate of drug-likeness (QED) is 0.690. The smallest absolute Gasteiger partial charge is 0.475 e. The van der Waals surface area contributed by atoms with Crippen molar-refractivity contribution in [3.05, 3.63) is 18.0 Å². The van der Waals surface area contributed by atoms with Crippen molar-refractivity contribution in [3.63, 3.8) is 0 Å². The maximum absolute atomic E-state index is 12.3. The van der Waals surface area contributed by atoms with E-state index in [1.54, 1.807) is 0 Å². The minimum Gasteiger partial charge on any atom is -0.475 e. The van der Waals surface area contributed by atoms with E-state index in [1.807, 2.05) is 0 Å². The summed E-state index contributed by atoms with van der Waals surface area (Å²) < 4.78 is 68.7. The number of anilines is 1. The zero-order chi connectivity index (χ0) is 19.3. The number of nitrogens with one attached hydrogen (secondary N) is 2. The first-order valence-corrected chi connectivity index (χ1v) is 7.09. The SMILES string of the molecule is C[C@H]1CC[C@@H](Nc2ncc(C(F)(F)F)cn2)CN1.O=C(O)C(F)(F)F. The van der Waals surface area contributed by atoms with Crippen LogP contribution in [0.15, 0.2) is 12.4 Å². The van der Waals surface area contributed by atoms with Gasteiger partial charge in [0.05, 0.1) is 5.56 Å². The molecule has 1 aliphatic heterocycles. The maximum atomic E-state index is 12.3. The van der Waals surface area contributed by atoms with Crippen LogP contribution in [0.1, 0.15) is 25.3 Å². The molecule has 12 heteroatoms. The second-order valence-corrected chi connectivity index (χ2v) is 5.32. The molecule has 0 saturated carbocycles. The lowest BCUT2D eigenvalue weighted by Crippen LogP contribution is -2.43. The van der Waals surface area contributed by atoms with E-state index in [9.17, 15) is 26.3 Å². The number of nitrogens with zero attached hydrogens (tertiary/aromatic N) is 2. The third-order valence-corrected chi connectivity index (χ3v) is 3.22. The van der Waals surface area contributed by atoms with Gasteiger partial charge in [-0.1, -0.05) is 0 Å². The van der Waals surface area contributed by atoms with E-state index in [4.69, 9.17) is 9.90 Å². The summed E-state index contributed by atoms with van der Waals surface area (Å²) >= 11 is 0. The Morgan fingerprint density at radius 1 is 1.20 bits per heavy atom. The Hall–Kier alpha value is -2.11. The molecule has 2 rings (SSSR count). The van der Waals surface area contributed by atoms with Crippen LogP contribution in [0.4, 0.5) is 32.3 Å². The standard InChI is InChI=1S/C11H15F3N4.C2HF3O2/c1-7-2-3-9(6-15-7)18-10-16-4-8(5-17-10)11(12,13)14;3-2(4,5)1(6)7/h4-5,7,9,15H,2-3,6H2,1H3,(H,16,17,18);(H,6,7)/t7-,9+;/m0./s1. The average molecular weight is 374 g/mol. The Labute approximate surface area is 138 Å². The molecule has 1 aliphatic rings. The fourth-order valence-electron chi connectivity index (χ4n) is 1.85. The second kappa shape index (κ2) is 8.32. The minimum absolute atomic E-state index is 0.165. The Balaban J connectivity index is 0.000000381. The zero-order valence-corrected chi connectivity index (χ0v) is 12.9. The molecule has 0 radical (unpaired) electrons. The van der Waals surface area contributed by atoms with Crippen molar-refractivity contribution in [2.24, 2.45) is 0 Å². The molecule has 1 saturated heterocycles. The lowest BCUT2D eigenvalue weighted by atomic mass is 10.0. The summed E-state index contributed by atoms with van der Waals surface area (Å²) in [6.45, 7) is 2.87. The van der Waals surface area contributed by atoms with Gasteiger partial charge in [-0.3, -0.25) is 0 Å². The first-order chi connectivity index (χ1) is 11.4. The van der Waals surface area contributed by atoms with Crippen molar-refractivity contribution in [1.82, 2.24) is 15.3 Å². The average Bonchev–Trinajstić information content (AvgIpc) is 2.49. The Bertz CT molecular complexity index is 553. The predicted molar refractivity (Wildman–Crippen MR) is 74.8 cm³/mol. The number of rotatable bonds is 2. The van der Waals surface area contributed by atoms with Crippen LogP contribution in [0.3, 0.4) is 0 Å². The van der Waals surface area contributed by atoms with Crippen LogP contribution < -0.4 is 10.6 Å². The molecule has 142 valence electrons. The molecule has 0 unspecified atom stereocenters. The number of piperidine rings is 1. The van der Waals surface area contributed by atoms with E-state index in [1.165, 1.54) is 0 Å². The van der Waals surface area contributed by atoms with Gasteiger partial charge in [-0.05, 0) is 19.8 Å². The highest BCUT2D eigenvalue weighted by atomic mass is 19.4. The third-order valence-electron chi connectivity index (χ3n) is 3.22. The van der Waals surface area contributed by atoms with Crippen molar-refractivity contribution >= 4 is 11.9 Å². The van der Waals surface area contributed by atoms with Gasteiger partial charge in [-0.25, -0.2) is 14.8 Å². The number of halogens is 6. The van der Waals surface area contributed by atoms with E-state index < -0.39 is 23.9 Å². The normalized spacial score (nSPS) is 21.1. The number of carboxylic acid groups (broad SMARTS) is 1. The Kier molecular flexibility index (Phi) is 6.96. The van der Waals surface area contributed by atoms with Gasteiger partial charge in [0.25, 0.3) is 0 Å². The highest BCUT2D eigenvalue weighted by Crippen LogP contribution is 2.28. The lowest BCUT2D eigenvalue weighted by molar-refractivity contribution is -0.192. The van der Waals surface area contributed by atoms with Gasteiger partial charge in [0.1, 0.15) is 0 Å². The van der Waals surface area contributed by atoms with Gasteiger partial charge >= 0.3 is 18.3 Å². The summed E-state index contributed by atoms with van der Waals surface area (Å²) in [4.78, 5) is 16.3. The van der Waals surface area contributed by atoms with Crippen molar-refractivity contribution in [1.29, 1.82) is 0 Å². The van der Waals surface area contributed by atoms with Crippen LogP contribution in [0, 0.1) is 0 Å². The Morgan fingerprint density at radius 2 is 1.72 bits per heavy atom. The maximum Gasteiger partial charge on any atom is 0.490 e. The molecule has 6 nitrogen and oxygen atoms in total. The molecule has 1 fully saturated rings. The van der Waals surface area contributed by atoms with Crippen molar-refractivity contribution < 1.29 is 36.2 Å². The topological polar surface area (TPSA) is 87.1 Å². The number of hydrogen-bond acceptors (Lipinski definition) is 5. The van der Waals surface area contributed by atoms with E-state index in [2.05, 4.69) is 27.5 Å². The first kappa shape index (κ1) is 20.9. The van der Waals surface area contributed by atoms with Crippen LogP contribution in [-0.2, 0) is 11.0 Å². The molecule has 0 spiro atoms. The molecular formula is C13H16F6N4O2. The van der Waals surface area contributed by atoms with E-state index in [-0.39, 0.29) is 12.0 Å². The highest BCUT2D eigenvalue weighted by Gasteiger charge is 2.38. The molecule has 2 atom stereocenters. The first-order valence-electron chi connectivity index (χ1n) is 7.09. The lowest BCUT2D eigenvalue weighted by Gasteiger charge is -2.28. The van der Waals surface area contributed by atoms with Gasteiger partial charge in [0, 0.05) is 31.0 Å². The van der Waals surface area contributed by atoms with Crippen LogP contribution in [0.25, 0.3) is 0 Å². The summed E-state index contributed by atoms with van der Waals surface area (Å²) in [5.41, 5.74) is -0.830. The molecule has 3 N–H and O–H groups in total. The third kappa shape index (κ3) is 7.54. The van der Waals surface area contributed by atoms with Crippen LogP contribution >= 0.6 is 0 Å². The van der Waals surface area contributed by atoms with Crippen LogP contribution in [0.5, 0.6) is 0 Å². The van der Waals surface area contributed by atoms with Gasteiger partial charge in [-0.15, -0.1) is 0 Å². The van der Waals surface area contributed by atoms with Crippen molar-refractivity contribution in [2.75, 3.05) is 11.9 Å². The Morgan fingerprint density at radius 3 is 2.08 bits per heavy atom. The van der Waals surface area contributed by atoms with Crippen LogP contribution in [-0.4, -0.2) is 45.8 Å². The molecule has 25 heavy (non-hydrogen) atoms. The van der Waals surface area contributed by atoms with Crippen LogP contribution in [0.2, 0.25) is 0 Å². The number of hydrogen-bond donors (Lipinski definition) is 3. The fraction of sp³-hybridized carbons (Fsp3) is 0.615. The zero-order valence-electron chi connectivity index (χ0n) is 12.9. The highest BCUT2D eigenvalue weighted by molar-refractivity contribution is 5.73. The summed E-state index contributed by atoms with van der Waals surface area (Å²) in [6.07, 6.45) is -5.89. The molecule has 2 heterocycles. The van der Waals surface area contributed by atoms with E-state index in [0.29, 0.717) is 6.04 Å². The van der Waals surface area contributed by atoms with E-state index >= 15 is 0 Å². The summed E-state index contributed by atoms with van der Waals surface area (Å²) in [5, 5.41) is 13.4. The molecular weight excluding hydrogens is 358 g/mol. The number of aliphatic carboxylic acids is 1. The van der Waals surface area contributed by atoms with Gasteiger partial charge in [0.2, 0.25) is 5.95 Å². The summed E-state index contributed by atoms with van der Waals surface area (Å²) in [6, 6.07) is 0.648. The number of carbonyl (C=O) groups is 1. The molecule has 0 amide bonds. The van der Waals surface area contributed by atoms with Gasteiger partial charge < -0.3 is 15.7 Å². The minimum atomic E-state index is -5.08. The van der Waals surface area contributed by atoms with E-state index in [0.717, 1.165) is 31.8 Å². The molecule has 1 aromatic heterocycles. The van der Waals surface area contributed by atoms with Crippen molar-refractivity contribution in [2.45, 2.75) is 44.2 Å². The molecule has 0 bridgehead atoms.